The Morgan fingerprint density at radius 1 is 0.677 bits per heavy atom. The van der Waals surface area contributed by atoms with E-state index in [0.717, 1.165) is 24.7 Å². The summed E-state index contributed by atoms with van der Waals surface area (Å²) in [5.41, 5.74) is -1.86. The normalized spacial score (nSPS) is 49.2. The molecule has 12 N–H and O–H groups in total. The molecule has 0 aromatic carbocycles. The van der Waals surface area contributed by atoms with Gasteiger partial charge in [-0.25, -0.2) is 8.37 Å². The van der Waals surface area contributed by atoms with E-state index in [4.69, 9.17) is 61.0 Å². The average molecular weight is 1380 g/mol. The minimum Gasteiger partial charge on any atom is -0.458 e. The van der Waals surface area contributed by atoms with Crippen molar-refractivity contribution in [1.29, 1.82) is 0 Å². The van der Waals surface area contributed by atoms with E-state index in [1.165, 1.54) is 6.92 Å². The van der Waals surface area contributed by atoms with Gasteiger partial charge in [-0.15, -0.1) is 6.58 Å². The number of rotatable bonds is 21. The van der Waals surface area contributed by atoms with Crippen LogP contribution in [0.25, 0.3) is 0 Å². The van der Waals surface area contributed by atoms with Crippen molar-refractivity contribution in [2.45, 2.75) is 259 Å². The fourth-order valence-corrected chi connectivity index (χ4v) is 18.2. The number of aliphatic hydroxyl groups is 10. The molecule has 9 fully saturated rings. The van der Waals surface area contributed by atoms with Crippen LogP contribution in [0.2, 0.25) is 0 Å². The molecule has 0 radical (unpaired) electrons. The van der Waals surface area contributed by atoms with Gasteiger partial charge in [-0.05, 0) is 94.8 Å². The number of allylic oxidation sites excluding steroid dienone is 3. The molecule has 93 heavy (non-hydrogen) atoms. The van der Waals surface area contributed by atoms with Crippen molar-refractivity contribution in [2.24, 2.45) is 39.4 Å². The van der Waals surface area contributed by atoms with Gasteiger partial charge >= 0.3 is 26.8 Å². The second kappa shape index (κ2) is 27.2. The van der Waals surface area contributed by atoms with Crippen LogP contribution >= 0.6 is 0 Å². The molecule has 4 aliphatic carbocycles. The van der Waals surface area contributed by atoms with Crippen LogP contribution in [0.3, 0.4) is 0 Å². The first-order valence-electron chi connectivity index (χ1n) is 31.5. The van der Waals surface area contributed by atoms with E-state index in [0.29, 0.717) is 44.9 Å². The van der Waals surface area contributed by atoms with Gasteiger partial charge in [0.25, 0.3) is 0 Å². The molecule has 3 saturated carbocycles. The van der Waals surface area contributed by atoms with Crippen LogP contribution in [-0.2, 0) is 95.6 Å². The molecule has 6 aliphatic heterocycles. The Balaban J connectivity index is 0.904. The Kier molecular flexibility index (Phi) is 21.4. The van der Waals surface area contributed by atoms with Gasteiger partial charge < -0.3 is 108 Å². The summed E-state index contributed by atoms with van der Waals surface area (Å²) in [5, 5.41) is 112. The van der Waals surface area contributed by atoms with E-state index in [1.807, 2.05) is 27.7 Å². The lowest BCUT2D eigenvalue weighted by Gasteiger charge is -2.63. The number of ketones is 1. The summed E-state index contributed by atoms with van der Waals surface area (Å²) in [4.78, 5) is 28.9. The summed E-state index contributed by atoms with van der Waals surface area (Å²) in [6, 6.07) is 0. The monoisotopic (exact) mass is 1380 g/mol. The van der Waals surface area contributed by atoms with Gasteiger partial charge in [-0.2, -0.15) is 16.8 Å². The molecule has 34 heteroatoms. The third kappa shape index (κ3) is 13.5. The highest BCUT2D eigenvalue weighted by atomic mass is 32.3. The zero-order chi connectivity index (χ0) is 68.2. The zero-order valence-electron chi connectivity index (χ0n) is 52.9. The summed E-state index contributed by atoms with van der Waals surface area (Å²) >= 11 is 0. The maximum Gasteiger partial charge on any atom is 0.397 e. The van der Waals surface area contributed by atoms with Crippen LogP contribution < -0.4 is 0 Å². The SMILES string of the molecule is C=C(C)CCC[C@@]1(C)OC(=O)[C@]23CC[C@H]4C(=CC[C@@H]5C(C)(C)[C@@H](O[C@@H]6OC[C@H](OS(=O)(=O)O)[C@H](O)[C@H]6O[C@@H]6O[C@H](C)[C@@H](O[C@@H]7O[C@H](CO)[C@@H](O)[C@H](O[C@H]8O[C@H](COS(=O)(=O)O)[C@@H](O)[C@H](OC)[C@H]8O)[C@H]7O)[C@H](O)[C@H]6O[C@@H]6OC[C@@H](O)[C@H](O)[C@H]6O)CC[C@@]54C)[C@]2(C)CC(=O)[C@H]13. The van der Waals surface area contributed by atoms with E-state index in [1.54, 1.807) is 0 Å². The molecule has 532 valence electrons. The summed E-state index contributed by atoms with van der Waals surface area (Å²) in [5.74, 6) is -1.07. The first-order valence-corrected chi connectivity index (χ1v) is 34.2. The highest BCUT2D eigenvalue weighted by Gasteiger charge is 2.79. The van der Waals surface area contributed by atoms with Crippen molar-refractivity contribution < 1.29 is 152 Å². The molecule has 6 saturated heterocycles. The van der Waals surface area contributed by atoms with E-state index in [9.17, 15) is 86.6 Å². The molecular weight excluding hydrogens is 1280 g/mol. The number of aliphatic hydroxyl groups excluding tert-OH is 10. The molecule has 10 aliphatic rings. The predicted octanol–water partition coefficient (Wildman–Crippen LogP) is -2.09. The van der Waals surface area contributed by atoms with Crippen molar-refractivity contribution in [3.05, 3.63) is 23.8 Å². The molecule has 0 aromatic heterocycles. The van der Waals surface area contributed by atoms with Gasteiger partial charge in [0, 0.05) is 18.9 Å². The molecule has 0 unspecified atom stereocenters. The fourth-order valence-electron chi connectivity index (χ4n) is 17.4. The Morgan fingerprint density at radius 3 is 1.94 bits per heavy atom. The first kappa shape index (κ1) is 73.2. The van der Waals surface area contributed by atoms with Crippen LogP contribution in [0.15, 0.2) is 23.8 Å². The van der Waals surface area contributed by atoms with Crippen molar-refractivity contribution in [3.8, 4) is 0 Å². The minimum atomic E-state index is -5.30. The van der Waals surface area contributed by atoms with Crippen molar-refractivity contribution >= 4 is 32.6 Å². The van der Waals surface area contributed by atoms with Crippen LogP contribution in [0.1, 0.15) is 106 Å². The number of methoxy groups -OCH3 is 1. The van der Waals surface area contributed by atoms with E-state index >= 15 is 0 Å². The van der Waals surface area contributed by atoms with Crippen molar-refractivity contribution in [1.82, 2.24) is 0 Å². The van der Waals surface area contributed by atoms with E-state index < -0.39 is 228 Å². The quantitative estimate of drug-likeness (QED) is 0.0333. The van der Waals surface area contributed by atoms with E-state index in [2.05, 4.69) is 30.7 Å². The molecule has 0 bridgehead atoms. The Morgan fingerprint density at radius 2 is 1.29 bits per heavy atom. The number of hydrogen-bond acceptors (Lipinski definition) is 30. The Hall–Kier alpha value is -2.48. The molecule has 31 atom stereocenters. The summed E-state index contributed by atoms with van der Waals surface area (Å²) in [6.45, 7) is 14.2. The van der Waals surface area contributed by atoms with Gasteiger partial charge in [-0.1, -0.05) is 44.9 Å². The molecule has 6 heterocycles. The second-order valence-corrected chi connectivity index (χ2v) is 30.3. The van der Waals surface area contributed by atoms with Crippen LogP contribution in [0, 0.1) is 39.4 Å². The van der Waals surface area contributed by atoms with Gasteiger partial charge in [0.2, 0.25) is 0 Å². The molecule has 1 spiro atoms. The van der Waals surface area contributed by atoms with Gasteiger partial charge in [-0.3, -0.25) is 18.7 Å². The lowest BCUT2D eigenvalue weighted by Crippen LogP contribution is -2.68. The minimum absolute atomic E-state index is 0.0236. The number of ether oxygens (including phenoxy) is 12. The first-order chi connectivity index (χ1) is 43.4. The highest BCUT2D eigenvalue weighted by Crippen LogP contribution is 2.75. The summed E-state index contributed by atoms with van der Waals surface area (Å²) in [7, 11) is -9.34. The number of carbonyl (C=O) groups is 2. The van der Waals surface area contributed by atoms with Gasteiger partial charge in [0.1, 0.15) is 115 Å². The smallest absolute Gasteiger partial charge is 0.397 e. The Bertz CT molecular complexity index is 2970. The van der Waals surface area contributed by atoms with Crippen molar-refractivity contribution in [3.63, 3.8) is 0 Å². The third-order valence-electron chi connectivity index (χ3n) is 22.0. The van der Waals surface area contributed by atoms with Crippen molar-refractivity contribution in [2.75, 3.05) is 33.5 Å². The van der Waals surface area contributed by atoms with E-state index in [-0.39, 0.29) is 30.0 Å². The molecule has 0 aromatic rings. The average Bonchev–Trinajstić information content (AvgIpc) is 1.52. The zero-order valence-corrected chi connectivity index (χ0v) is 54.5. The predicted molar refractivity (Wildman–Crippen MR) is 308 cm³/mol. The molecule has 32 nitrogen and oxygen atoms in total. The maximum atomic E-state index is 14.5. The topological polar surface area (TPSA) is 474 Å². The van der Waals surface area contributed by atoms with Crippen LogP contribution in [-0.4, -0.2) is 275 Å². The summed E-state index contributed by atoms with van der Waals surface area (Å²) < 4.78 is 148. The summed E-state index contributed by atoms with van der Waals surface area (Å²) in [6.07, 6.45) is -37.0. The number of esters is 1. The molecule has 10 rings (SSSR count). The lowest BCUT2D eigenvalue weighted by atomic mass is 9.41. The number of fused-ring (bicyclic) bond motifs is 4. The number of hydrogen-bond donors (Lipinski definition) is 12. The fraction of sp³-hybridized carbons (Fsp3) is 0.898. The second-order valence-electron chi connectivity index (χ2n) is 28.2. The molecule has 0 amide bonds. The van der Waals surface area contributed by atoms with Crippen LogP contribution in [0.5, 0.6) is 0 Å². The Labute approximate surface area is 538 Å². The largest absolute Gasteiger partial charge is 0.458 e. The molecular formula is C59H92O32S2. The lowest BCUT2D eigenvalue weighted by molar-refractivity contribution is -0.403. The third-order valence-corrected chi connectivity index (χ3v) is 23.0. The number of carbonyl (C=O) groups excluding carboxylic acids is 2. The van der Waals surface area contributed by atoms with Gasteiger partial charge in [0.15, 0.2) is 31.5 Å². The maximum absolute atomic E-state index is 14.5. The number of cyclic esters (lactones) is 1. The standard InChI is InChI=1S/C59H92O32S2/c1-24(2)11-10-16-58(8)48-28(61)19-57(7)27-12-13-33-55(4,5)34(15-17-56(33,6)26(27)14-18-59(48,57)54(71)90-58)85-52-46(38(66)32(22-80-52)91-93(75,76)77)89-53-47(88-49-39(67)35(63)29(62)21-79-49)40(68)43(25(3)82-53)86-51-42(70)45(36(64)30(20-60)83-51)87-50-41(69)44(78-9)37(65)31(84-50)23-81-92(72,73)74/h12,25-26,29-53,60,62-70H,1,10-11,13-23H2,2-9H3,(H,72,73,74)(H,75,76,77)/t25-,26+,29-,30-,31-,32+,33-,34+,35+,36-,37-,38+,39-,40+,41-,42-,43-,44+,45+,46-,47-,48-,49+,50-,51+,52+,53+,56-,57+,58-,59-/m1/s1. The highest BCUT2D eigenvalue weighted by molar-refractivity contribution is 7.81. The van der Waals surface area contributed by atoms with Gasteiger partial charge in [0.05, 0.1) is 50.0 Å². The van der Waals surface area contributed by atoms with Crippen LogP contribution in [0.4, 0.5) is 0 Å². The number of Topliss-reactive ketones (excluding diaryl/α,β-unsaturated/α-hetero) is 1.